The number of alkyl carbamates (subject to hydrolysis) is 1. The number of amides is 1. The molecule has 5 rings (SSSR count). The van der Waals surface area contributed by atoms with Crippen molar-refractivity contribution in [1.29, 1.82) is 0 Å². The van der Waals surface area contributed by atoms with Crippen LogP contribution in [0.1, 0.15) is 90.6 Å². The molecule has 1 aromatic rings. The lowest BCUT2D eigenvalue weighted by atomic mass is 9.73. The topological polar surface area (TPSA) is 165 Å². The van der Waals surface area contributed by atoms with Crippen molar-refractivity contribution in [3.05, 3.63) is 34.3 Å². The number of fused-ring (bicyclic) bond motifs is 1. The van der Waals surface area contributed by atoms with Crippen LogP contribution in [0.2, 0.25) is 0 Å². The number of likely N-dealkylation sites (N-methyl/N-ethyl adjacent to an activating group) is 1. The minimum absolute atomic E-state index is 0.0236. The molecule has 0 aliphatic carbocycles. The largest absolute Gasteiger partial charge is 0.458 e. The first kappa shape index (κ1) is 43.6. The number of carbonyl (C=O) groups excluding carboxylic acids is 4. The molecule has 1 amide bonds. The first-order chi connectivity index (χ1) is 26.3. The highest BCUT2D eigenvalue weighted by molar-refractivity contribution is 7.12. The van der Waals surface area contributed by atoms with Crippen LogP contribution in [-0.4, -0.2) is 120 Å². The van der Waals surface area contributed by atoms with Crippen molar-refractivity contribution < 1.29 is 48.0 Å². The molecule has 14 atom stereocenters. The highest BCUT2D eigenvalue weighted by Crippen LogP contribution is 2.40. The van der Waals surface area contributed by atoms with Crippen LogP contribution < -0.4 is 10.6 Å². The quantitative estimate of drug-likeness (QED) is 0.207. The van der Waals surface area contributed by atoms with Gasteiger partial charge in [-0.1, -0.05) is 39.5 Å². The van der Waals surface area contributed by atoms with Gasteiger partial charge in [-0.15, -0.1) is 11.3 Å². The summed E-state index contributed by atoms with van der Waals surface area (Å²) in [4.78, 5) is 61.3. The Hall–Kier alpha value is -3.52. The van der Waals surface area contributed by atoms with E-state index in [1.807, 2.05) is 57.5 Å². The number of carbonyl (C=O) groups is 4. The number of thiophene rings is 1. The van der Waals surface area contributed by atoms with E-state index in [4.69, 9.17) is 23.7 Å². The normalized spacial score (nSPS) is 39.6. The number of hydrogen-bond acceptors (Lipinski definition) is 14. The number of cyclic esters (lactones) is 1. The minimum atomic E-state index is -1.39. The van der Waals surface area contributed by atoms with Crippen molar-refractivity contribution in [1.82, 2.24) is 20.4 Å². The molecule has 5 heterocycles. The van der Waals surface area contributed by atoms with E-state index in [0.717, 1.165) is 9.75 Å². The monoisotopic (exact) mass is 800 g/mol. The van der Waals surface area contributed by atoms with Crippen LogP contribution >= 0.6 is 11.3 Å². The summed E-state index contributed by atoms with van der Waals surface area (Å²) in [6, 6.07) is 2.83. The van der Waals surface area contributed by atoms with E-state index in [-0.39, 0.29) is 43.5 Å². The van der Waals surface area contributed by atoms with E-state index in [1.165, 1.54) is 6.92 Å². The SMILES string of the molecule is CC[C@H]1OC(=O)[C@H](C)C(=O)[C@H](C)[C@@H](O[C@@H]2O[C@H](C)C[C@H](N(C)C)[C@H]2O)C(C)(OCC#Cc2ccc(C3NC=CN3C)s2)C[C@@H](C)C(=O)[C@H](C)[C@H]2NC(=O)O[C@@]21C. The Morgan fingerprint density at radius 3 is 2.43 bits per heavy atom. The molecule has 3 saturated heterocycles. The number of ketones is 2. The van der Waals surface area contributed by atoms with Gasteiger partial charge in [-0.2, -0.15) is 0 Å². The fourth-order valence-corrected chi connectivity index (χ4v) is 9.75. The van der Waals surface area contributed by atoms with E-state index < -0.39 is 83.4 Å². The van der Waals surface area contributed by atoms with Crippen LogP contribution in [0.25, 0.3) is 0 Å². The van der Waals surface area contributed by atoms with Crippen LogP contribution in [0.15, 0.2) is 24.5 Å². The highest BCUT2D eigenvalue weighted by Gasteiger charge is 2.57. The second-order valence-electron chi connectivity index (χ2n) is 16.5. The van der Waals surface area contributed by atoms with Crippen molar-refractivity contribution in [3.8, 4) is 11.8 Å². The van der Waals surface area contributed by atoms with Crippen LogP contribution in [0.5, 0.6) is 0 Å². The first-order valence-corrected chi connectivity index (χ1v) is 20.4. The molecule has 15 heteroatoms. The lowest BCUT2D eigenvalue weighted by molar-refractivity contribution is -0.296. The average Bonchev–Trinajstić information content (AvgIpc) is 3.88. The molecule has 3 fully saturated rings. The third kappa shape index (κ3) is 8.95. The van der Waals surface area contributed by atoms with E-state index in [1.54, 1.807) is 52.9 Å². The number of esters is 1. The van der Waals surface area contributed by atoms with Gasteiger partial charge in [-0.05, 0) is 73.2 Å². The number of aliphatic hydroxyl groups is 1. The molecule has 4 aliphatic rings. The van der Waals surface area contributed by atoms with Gasteiger partial charge in [0, 0.05) is 48.1 Å². The van der Waals surface area contributed by atoms with Crippen molar-refractivity contribution in [2.75, 3.05) is 27.7 Å². The Bertz CT molecular complexity index is 1710. The van der Waals surface area contributed by atoms with Crippen molar-refractivity contribution >= 4 is 35.0 Å². The van der Waals surface area contributed by atoms with Crippen LogP contribution in [-0.2, 0) is 38.1 Å². The summed E-state index contributed by atoms with van der Waals surface area (Å²) in [7, 11) is 5.73. The molecule has 310 valence electrons. The molecular weight excluding hydrogens is 741 g/mol. The second-order valence-corrected chi connectivity index (χ2v) is 17.6. The molecule has 4 aliphatic heterocycles. The van der Waals surface area contributed by atoms with Crippen molar-refractivity contribution in [2.24, 2.45) is 23.7 Å². The van der Waals surface area contributed by atoms with Gasteiger partial charge < -0.3 is 49.2 Å². The fourth-order valence-electron chi connectivity index (χ4n) is 8.76. The van der Waals surface area contributed by atoms with E-state index in [2.05, 4.69) is 27.4 Å². The summed E-state index contributed by atoms with van der Waals surface area (Å²) in [6.45, 7) is 13.6. The van der Waals surface area contributed by atoms with Gasteiger partial charge in [-0.3, -0.25) is 14.4 Å². The minimum Gasteiger partial charge on any atom is -0.458 e. The Morgan fingerprint density at radius 2 is 1.79 bits per heavy atom. The summed E-state index contributed by atoms with van der Waals surface area (Å²) in [5.41, 5.74) is -2.78. The smallest absolute Gasteiger partial charge is 0.408 e. The summed E-state index contributed by atoms with van der Waals surface area (Å²) >= 11 is 1.56. The fraction of sp³-hybridized carbons (Fsp3) is 0.707. The van der Waals surface area contributed by atoms with E-state index in [9.17, 15) is 24.3 Å². The summed E-state index contributed by atoms with van der Waals surface area (Å²) in [5.74, 6) is 1.12. The Kier molecular flexibility index (Phi) is 13.7. The molecule has 2 unspecified atom stereocenters. The van der Waals surface area contributed by atoms with Gasteiger partial charge in [0.05, 0.1) is 28.7 Å². The van der Waals surface area contributed by atoms with Gasteiger partial charge in [0.25, 0.3) is 0 Å². The molecule has 0 bridgehead atoms. The number of hydrogen-bond donors (Lipinski definition) is 3. The molecule has 0 aromatic carbocycles. The number of rotatable bonds is 7. The molecule has 0 radical (unpaired) electrons. The second kappa shape index (κ2) is 17.5. The van der Waals surface area contributed by atoms with Gasteiger partial charge in [0.2, 0.25) is 0 Å². The zero-order valence-electron chi connectivity index (χ0n) is 34.5. The number of aliphatic hydroxyl groups excluding tert-OH is 1. The maximum absolute atomic E-state index is 14.4. The Morgan fingerprint density at radius 1 is 1.07 bits per heavy atom. The van der Waals surface area contributed by atoms with Gasteiger partial charge in [0.1, 0.15) is 36.7 Å². The lowest BCUT2D eigenvalue weighted by Gasteiger charge is -2.47. The third-order valence-electron chi connectivity index (χ3n) is 12.0. The Labute approximate surface area is 334 Å². The number of ether oxygens (including phenoxy) is 5. The molecule has 14 nitrogen and oxygen atoms in total. The standard InChI is InChI=1S/C41H60N4O10S/c1-12-30-41(8)34(43-39(50)55-41)24(4)31(46)22(2)21-40(7,51-19-13-14-27-15-16-29(56-27)36-42-17-18-45(36)11)35(25(5)32(47)26(6)37(49)53-30)54-38-33(48)28(44(9)10)20-23(3)52-38/h15-18,22-26,28,30,33-36,38,42,48H,12,19-21H2,1-11H3,(H,43,50)/t22-,23-,24+,25+,26-,28+,30-,33-,34-,35-,36?,38+,40?,41-/m1/s1. The lowest BCUT2D eigenvalue weighted by Crippen LogP contribution is -2.60. The number of Topliss-reactive ketones (excluding diaryl/α,β-unsaturated/α-hetero) is 2. The maximum Gasteiger partial charge on any atom is 0.408 e. The van der Waals surface area contributed by atoms with E-state index >= 15 is 0 Å². The first-order valence-electron chi connectivity index (χ1n) is 19.6. The zero-order valence-corrected chi connectivity index (χ0v) is 35.3. The summed E-state index contributed by atoms with van der Waals surface area (Å²) < 4.78 is 31.3. The van der Waals surface area contributed by atoms with Crippen LogP contribution in [0.3, 0.4) is 0 Å². The van der Waals surface area contributed by atoms with Gasteiger partial charge in [0.15, 0.2) is 17.7 Å². The third-order valence-corrected chi connectivity index (χ3v) is 13.1. The van der Waals surface area contributed by atoms with Gasteiger partial charge in [-0.25, -0.2) is 4.79 Å². The predicted octanol–water partition coefficient (Wildman–Crippen LogP) is 3.97. The Balaban J connectivity index is 1.54. The predicted molar refractivity (Wildman–Crippen MR) is 209 cm³/mol. The summed E-state index contributed by atoms with van der Waals surface area (Å²) in [5, 5.41) is 17.7. The van der Waals surface area contributed by atoms with Crippen LogP contribution in [0.4, 0.5) is 4.79 Å². The molecular formula is C41H60N4O10S. The van der Waals surface area contributed by atoms with Crippen LogP contribution in [0, 0.1) is 35.5 Å². The summed E-state index contributed by atoms with van der Waals surface area (Å²) in [6.07, 6.45) is -0.565. The molecule has 0 saturated carbocycles. The molecule has 56 heavy (non-hydrogen) atoms. The zero-order chi connectivity index (χ0) is 41.3. The number of nitrogens with one attached hydrogen (secondary N) is 2. The highest BCUT2D eigenvalue weighted by atomic mass is 32.1. The maximum atomic E-state index is 14.4. The molecule has 1 aromatic heterocycles. The average molecular weight is 801 g/mol. The van der Waals surface area contributed by atoms with Gasteiger partial charge >= 0.3 is 12.1 Å². The van der Waals surface area contributed by atoms with E-state index in [0.29, 0.717) is 6.42 Å². The molecule has 0 spiro atoms. The number of nitrogens with zero attached hydrogens (tertiary/aromatic N) is 2. The molecule has 3 N–H and O–H groups in total. The van der Waals surface area contributed by atoms with Crippen molar-refractivity contribution in [2.45, 2.75) is 135 Å². The van der Waals surface area contributed by atoms with Crippen molar-refractivity contribution in [3.63, 3.8) is 0 Å².